The second-order valence-electron chi connectivity index (χ2n) is 10.2. The van der Waals surface area contributed by atoms with Gasteiger partial charge in [-0.3, -0.25) is 4.79 Å². The number of hydrogen-bond donors (Lipinski definition) is 1. The van der Waals surface area contributed by atoms with Crippen LogP contribution in [0.4, 0.5) is 0 Å². The first kappa shape index (κ1) is 27.6. The third kappa shape index (κ3) is 5.80. The van der Waals surface area contributed by atoms with E-state index in [0.717, 1.165) is 33.1 Å². The minimum Gasteiger partial charge on any atom is -0.512 e. The fraction of sp³-hybridized carbons (Fsp3) is 0.200. The summed E-state index contributed by atoms with van der Waals surface area (Å²) >= 11 is 3.46. The number of hydrogen-bond acceptors (Lipinski definition) is 4. The van der Waals surface area contributed by atoms with Crippen molar-refractivity contribution in [3.63, 3.8) is 0 Å². The van der Waals surface area contributed by atoms with Crippen LogP contribution in [0.3, 0.4) is 0 Å². The molecule has 5 rings (SSSR count). The topological polar surface area (TPSA) is 63.6 Å². The van der Waals surface area contributed by atoms with Gasteiger partial charge in [-0.15, -0.1) is 0 Å². The summed E-state index contributed by atoms with van der Waals surface area (Å²) in [4.78, 5) is 27.2. The van der Waals surface area contributed by atoms with Crippen molar-refractivity contribution in [2.45, 2.75) is 44.1 Å². The van der Waals surface area contributed by atoms with Gasteiger partial charge in [0.05, 0.1) is 5.57 Å². The highest BCUT2D eigenvalue weighted by Crippen LogP contribution is 2.45. The van der Waals surface area contributed by atoms with Crippen molar-refractivity contribution in [1.29, 1.82) is 0 Å². The predicted octanol–water partition coefficient (Wildman–Crippen LogP) is 8.93. The molecule has 1 heterocycles. The predicted molar refractivity (Wildman–Crippen MR) is 161 cm³/mol. The molecule has 0 radical (unpaired) electrons. The molecule has 0 fully saturated rings. The minimum atomic E-state index is -0.936. The monoisotopic (exact) mass is 594 g/mol. The van der Waals surface area contributed by atoms with E-state index in [1.165, 1.54) is 0 Å². The number of aliphatic hydroxyl groups is 1. The molecule has 0 aliphatic carbocycles. The zero-order valence-electron chi connectivity index (χ0n) is 22.3. The zero-order chi connectivity index (χ0) is 28.1. The van der Waals surface area contributed by atoms with Crippen LogP contribution in [0.2, 0.25) is 0 Å². The fourth-order valence-electron chi connectivity index (χ4n) is 5.55. The number of halogens is 1. The summed E-state index contributed by atoms with van der Waals surface area (Å²) in [7, 11) is 0. The van der Waals surface area contributed by atoms with Gasteiger partial charge in [0.25, 0.3) is 0 Å². The molecule has 1 aliphatic rings. The average molecular weight is 596 g/mol. The summed E-state index contributed by atoms with van der Waals surface area (Å²) in [6, 6.07) is 34.5. The zero-order valence-corrected chi connectivity index (χ0v) is 23.9. The van der Waals surface area contributed by atoms with Crippen LogP contribution < -0.4 is 0 Å². The van der Waals surface area contributed by atoms with Crippen LogP contribution in [-0.2, 0) is 15.1 Å². The van der Waals surface area contributed by atoms with Crippen molar-refractivity contribution in [3.05, 3.63) is 142 Å². The maximum absolute atomic E-state index is 13.7. The van der Waals surface area contributed by atoms with Gasteiger partial charge in [0.2, 0.25) is 0 Å². The molecule has 0 spiro atoms. The second-order valence-corrected chi connectivity index (χ2v) is 11.1. The Morgan fingerprint density at radius 2 is 1.45 bits per heavy atom. The summed E-state index contributed by atoms with van der Waals surface area (Å²) in [5, 5.41) is 11.4. The van der Waals surface area contributed by atoms with Crippen molar-refractivity contribution in [1.82, 2.24) is 0 Å². The van der Waals surface area contributed by atoms with E-state index in [1.54, 1.807) is 0 Å². The highest BCUT2D eigenvalue weighted by atomic mass is 79.9. The number of carbonyl (C=O) groups is 2. The third-order valence-corrected chi connectivity index (χ3v) is 8.08. The first-order chi connectivity index (χ1) is 19.4. The molecule has 4 aromatic rings. The number of ether oxygens (including phenoxy) is 1. The van der Waals surface area contributed by atoms with E-state index in [1.807, 2.05) is 116 Å². The molecule has 0 aromatic heterocycles. The number of esters is 1. The summed E-state index contributed by atoms with van der Waals surface area (Å²) in [5.74, 6) is -1.34. The van der Waals surface area contributed by atoms with Crippen LogP contribution >= 0.6 is 15.9 Å². The Morgan fingerprint density at radius 3 is 2.02 bits per heavy atom. The van der Waals surface area contributed by atoms with E-state index in [-0.39, 0.29) is 30.0 Å². The fourth-order valence-corrected chi connectivity index (χ4v) is 5.82. The normalized spacial score (nSPS) is 17.8. The van der Waals surface area contributed by atoms with Crippen LogP contribution in [0.15, 0.2) is 125 Å². The molecule has 0 saturated heterocycles. The van der Waals surface area contributed by atoms with Gasteiger partial charge in [-0.1, -0.05) is 126 Å². The Bertz CT molecular complexity index is 1510. The van der Waals surface area contributed by atoms with Gasteiger partial charge >= 0.3 is 5.97 Å². The second kappa shape index (κ2) is 12.1. The van der Waals surface area contributed by atoms with Gasteiger partial charge in [0, 0.05) is 28.8 Å². The summed E-state index contributed by atoms with van der Waals surface area (Å²) in [5.41, 5.74) is 3.47. The summed E-state index contributed by atoms with van der Waals surface area (Å²) < 4.78 is 7.18. The number of aliphatic hydroxyl groups excluding tert-OH is 1. The maximum atomic E-state index is 13.7. The van der Waals surface area contributed by atoms with Gasteiger partial charge in [0.15, 0.2) is 5.78 Å². The van der Waals surface area contributed by atoms with Crippen molar-refractivity contribution < 1.29 is 19.4 Å². The van der Waals surface area contributed by atoms with Gasteiger partial charge < -0.3 is 9.84 Å². The van der Waals surface area contributed by atoms with Gasteiger partial charge in [-0.25, -0.2) is 4.79 Å². The molecule has 2 atom stereocenters. The van der Waals surface area contributed by atoms with E-state index in [4.69, 9.17) is 4.74 Å². The summed E-state index contributed by atoms with van der Waals surface area (Å²) in [6.45, 7) is 2.03. The highest BCUT2D eigenvalue weighted by molar-refractivity contribution is 9.10. The molecule has 4 aromatic carbocycles. The van der Waals surface area contributed by atoms with Crippen LogP contribution in [0, 0.1) is 0 Å². The van der Waals surface area contributed by atoms with Crippen LogP contribution in [0.25, 0.3) is 11.1 Å². The van der Waals surface area contributed by atoms with E-state index in [9.17, 15) is 14.7 Å². The molecule has 0 amide bonds. The van der Waals surface area contributed by atoms with Crippen molar-refractivity contribution in [2.24, 2.45) is 0 Å². The standard InChI is InChI=1S/C35H31BrO4/c1-2-21-35(28-11-7-4-8-12-28)23-32(38)33(34(39)40-35)30(26-9-5-3-6-10-26)22-31(37)27-15-13-24(14-16-27)25-17-19-29(36)20-18-25/h3-20,30,38H,2,21-23H2,1H3. The molecule has 4 nitrogen and oxygen atoms in total. The first-order valence-electron chi connectivity index (χ1n) is 13.6. The Labute approximate surface area is 243 Å². The molecular formula is C35H31BrO4. The number of Topliss-reactive ketones (excluding diaryl/α,β-unsaturated/α-hetero) is 1. The molecule has 0 bridgehead atoms. The molecule has 5 heteroatoms. The minimum absolute atomic E-state index is 0.0132. The largest absolute Gasteiger partial charge is 0.512 e. The lowest BCUT2D eigenvalue weighted by atomic mass is 9.78. The molecule has 1 aliphatic heterocycles. The lowest BCUT2D eigenvalue weighted by molar-refractivity contribution is -0.162. The van der Waals surface area contributed by atoms with Crippen molar-refractivity contribution >= 4 is 27.7 Å². The quantitative estimate of drug-likeness (QED) is 0.155. The van der Waals surface area contributed by atoms with Crippen LogP contribution in [0.1, 0.15) is 60.0 Å². The molecule has 2 unspecified atom stereocenters. The Kier molecular flexibility index (Phi) is 8.32. The van der Waals surface area contributed by atoms with Crippen molar-refractivity contribution in [2.75, 3.05) is 0 Å². The molecular weight excluding hydrogens is 564 g/mol. The summed E-state index contributed by atoms with van der Waals surface area (Å²) in [6.07, 6.45) is 1.56. The first-order valence-corrected chi connectivity index (χ1v) is 14.3. The van der Waals surface area contributed by atoms with Crippen molar-refractivity contribution in [3.8, 4) is 11.1 Å². The Balaban J connectivity index is 1.46. The highest BCUT2D eigenvalue weighted by Gasteiger charge is 2.45. The van der Waals surface area contributed by atoms with E-state index in [2.05, 4.69) is 15.9 Å². The Hall–Kier alpha value is -3.96. The molecule has 202 valence electrons. The lowest BCUT2D eigenvalue weighted by Gasteiger charge is -2.39. The third-order valence-electron chi connectivity index (χ3n) is 7.55. The SMILES string of the molecule is CCCC1(c2ccccc2)CC(O)=C(C(CC(=O)c2ccc(-c3ccc(Br)cc3)cc2)c2ccccc2)C(=O)O1. The molecule has 0 saturated carbocycles. The number of rotatable bonds is 9. The number of cyclic esters (lactones) is 1. The average Bonchev–Trinajstić information content (AvgIpc) is 2.98. The smallest absolute Gasteiger partial charge is 0.338 e. The van der Waals surface area contributed by atoms with Crippen LogP contribution in [0.5, 0.6) is 0 Å². The van der Waals surface area contributed by atoms with E-state index in [0.29, 0.717) is 12.0 Å². The Morgan fingerprint density at radius 1 is 0.875 bits per heavy atom. The van der Waals surface area contributed by atoms with Gasteiger partial charge in [-0.05, 0) is 40.8 Å². The number of ketones is 1. The molecule has 1 N–H and O–H groups in total. The molecule has 40 heavy (non-hydrogen) atoms. The van der Waals surface area contributed by atoms with Gasteiger partial charge in [0.1, 0.15) is 11.4 Å². The number of carbonyl (C=O) groups excluding carboxylic acids is 2. The maximum Gasteiger partial charge on any atom is 0.338 e. The van der Waals surface area contributed by atoms with E-state index < -0.39 is 17.5 Å². The number of benzene rings is 4. The van der Waals surface area contributed by atoms with E-state index >= 15 is 0 Å². The van der Waals surface area contributed by atoms with Gasteiger partial charge in [-0.2, -0.15) is 0 Å². The lowest BCUT2D eigenvalue weighted by Crippen LogP contribution is -2.39. The van der Waals surface area contributed by atoms with Crippen LogP contribution in [-0.4, -0.2) is 16.9 Å².